The lowest BCUT2D eigenvalue weighted by atomic mass is 10.1. The third kappa shape index (κ3) is 2.76. The molecule has 1 aliphatic carbocycles. The summed E-state index contributed by atoms with van der Waals surface area (Å²) in [6, 6.07) is 6.94. The lowest BCUT2D eigenvalue weighted by Gasteiger charge is -2.14. The third-order valence-electron chi connectivity index (χ3n) is 3.12. The van der Waals surface area contributed by atoms with Gasteiger partial charge in [0.1, 0.15) is 12.4 Å². The zero-order valence-corrected chi connectivity index (χ0v) is 10.3. The molecule has 0 heterocycles. The molecule has 0 aliphatic heterocycles. The Bertz CT molecular complexity index is 349. The van der Waals surface area contributed by atoms with Crippen LogP contribution in [-0.2, 0) is 12.8 Å². The quantitative estimate of drug-likeness (QED) is 0.821. The third-order valence-corrected chi connectivity index (χ3v) is 3.12. The smallest absolute Gasteiger partial charge is 0.119 e. The van der Waals surface area contributed by atoms with Gasteiger partial charge in [0.05, 0.1) is 0 Å². The first-order valence-corrected chi connectivity index (χ1v) is 6.27. The summed E-state index contributed by atoms with van der Waals surface area (Å²) in [7, 11) is 0. The molecule has 0 bridgehead atoms. The van der Waals surface area contributed by atoms with Gasteiger partial charge in [-0.05, 0) is 56.0 Å². The first-order valence-electron chi connectivity index (χ1n) is 6.27. The molecule has 0 amide bonds. The highest BCUT2D eigenvalue weighted by Crippen LogP contribution is 2.25. The van der Waals surface area contributed by atoms with Crippen LogP contribution in [0.3, 0.4) is 0 Å². The van der Waals surface area contributed by atoms with Crippen molar-refractivity contribution in [2.45, 2.75) is 39.2 Å². The van der Waals surface area contributed by atoms with Crippen LogP contribution in [-0.4, -0.2) is 19.2 Å². The molecule has 0 fully saturated rings. The first kappa shape index (κ1) is 11.5. The Morgan fingerprint density at radius 1 is 1.31 bits per heavy atom. The molecule has 2 rings (SSSR count). The lowest BCUT2D eigenvalue weighted by Crippen LogP contribution is -2.31. The molecule has 1 aliphatic rings. The van der Waals surface area contributed by atoms with E-state index in [0.717, 1.165) is 18.9 Å². The molecule has 1 aromatic carbocycles. The van der Waals surface area contributed by atoms with Crippen LogP contribution in [0.5, 0.6) is 5.75 Å². The Morgan fingerprint density at radius 3 is 2.94 bits per heavy atom. The number of hydrogen-bond donors (Lipinski definition) is 1. The molecule has 2 nitrogen and oxygen atoms in total. The van der Waals surface area contributed by atoms with Gasteiger partial charge >= 0.3 is 0 Å². The molecule has 0 saturated heterocycles. The van der Waals surface area contributed by atoms with E-state index in [1.54, 1.807) is 0 Å². The highest BCUT2D eigenvalue weighted by Gasteiger charge is 2.11. The summed E-state index contributed by atoms with van der Waals surface area (Å²) in [4.78, 5) is 0. The molecular formula is C14H21NO. The Kier molecular flexibility index (Phi) is 3.83. The van der Waals surface area contributed by atoms with Gasteiger partial charge in [-0.15, -0.1) is 0 Å². The summed E-state index contributed by atoms with van der Waals surface area (Å²) >= 11 is 0. The first-order chi connectivity index (χ1) is 7.79. The van der Waals surface area contributed by atoms with Gasteiger partial charge in [-0.3, -0.25) is 0 Å². The van der Waals surface area contributed by atoms with Crippen LogP contribution in [0.2, 0.25) is 0 Å². The maximum atomic E-state index is 5.78. The average Bonchev–Trinajstić information content (AvgIpc) is 2.74. The zero-order chi connectivity index (χ0) is 11.4. The van der Waals surface area contributed by atoms with Crippen molar-refractivity contribution >= 4 is 0 Å². The minimum atomic E-state index is 0.415. The van der Waals surface area contributed by atoms with Gasteiger partial charge in [0, 0.05) is 6.04 Å². The van der Waals surface area contributed by atoms with Crippen molar-refractivity contribution in [2.75, 3.05) is 13.2 Å². The lowest BCUT2D eigenvalue weighted by molar-refractivity contribution is 0.275. The van der Waals surface area contributed by atoms with Crippen molar-refractivity contribution in [3.05, 3.63) is 29.3 Å². The molecule has 1 N–H and O–H groups in total. The fraction of sp³-hybridized carbons (Fsp3) is 0.571. The predicted octanol–water partition coefficient (Wildman–Crippen LogP) is 2.55. The van der Waals surface area contributed by atoms with Crippen LogP contribution in [0.25, 0.3) is 0 Å². The molecule has 1 atom stereocenters. The Hall–Kier alpha value is -1.02. The van der Waals surface area contributed by atoms with E-state index in [1.807, 2.05) is 0 Å². The number of aryl methyl sites for hydroxylation is 2. The highest BCUT2D eigenvalue weighted by molar-refractivity contribution is 5.38. The SMILES string of the molecule is CCNC(C)COc1ccc2c(c1)CCC2. The van der Waals surface area contributed by atoms with Crippen LogP contribution in [0, 0.1) is 0 Å². The number of fused-ring (bicyclic) bond motifs is 1. The number of nitrogens with one attached hydrogen (secondary N) is 1. The molecule has 0 spiro atoms. The number of rotatable bonds is 5. The molecule has 1 aromatic rings. The molecule has 1 unspecified atom stereocenters. The average molecular weight is 219 g/mol. The van der Waals surface area contributed by atoms with Crippen molar-refractivity contribution < 1.29 is 4.74 Å². The van der Waals surface area contributed by atoms with E-state index >= 15 is 0 Å². The normalized spacial score (nSPS) is 15.9. The Labute approximate surface area is 98.0 Å². The van der Waals surface area contributed by atoms with Crippen LogP contribution < -0.4 is 10.1 Å². The fourth-order valence-corrected chi connectivity index (χ4v) is 2.27. The second-order valence-electron chi connectivity index (χ2n) is 4.55. The molecule has 88 valence electrons. The second kappa shape index (κ2) is 5.35. The van der Waals surface area contributed by atoms with Crippen LogP contribution in [0.15, 0.2) is 18.2 Å². The summed E-state index contributed by atoms with van der Waals surface area (Å²) in [5.74, 6) is 1.02. The van der Waals surface area contributed by atoms with Crippen molar-refractivity contribution in [3.8, 4) is 5.75 Å². The van der Waals surface area contributed by atoms with Gasteiger partial charge in [-0.1, -0.05) is 13.0 Å². The summed E-state index contributed by atoms with van der Waals surface area (Å²) in [5, 5.41) is 3.34. The van der Waals surface area contributed by atoms with Gasteiger partial charge in [-0.25, -0.2) is 0 Å². The van der Waals surface area contributed by atoms with Crippen molar-refractivity contribution in [2.24, 2.45) is 0 Å². The Balaban J connectivity index is 1.90. The van der Waals surface area contributed by atoms with Gasteiger partial charge < -0.3 is 10.1 Å². The largest absolute Gasteiger partial charge is 0.492 e. The van der Waals surface area contributed by atoms with Crippen molar-refractivity contribution in [1.82, 2.24) is 5.32 Å². The van der Waals surface area contributed by atoms with E-state index in [2.05, 4.69) is 37.4 Å². The predicted molar refractivity (Wildman–Crippen MR) is 67.1 cm³/mol. The van der Waals surface area contributed by atoms with E-state index in [4.69, 9.17) is 4.74 Å². The highest BCUT2D eigenvalue weighted by atomic mass is 16.5. The van der Waals surface area contributed by atoms with E-state index in [0.29, 0.717) is 6.04 Å². The summed E-state index contributed by atoms with van der Waals surface area (Å²) < 4.78 is 5.78. The number of hydrogen-bond acceptors (Lipinski definition) is 2. The minimum absolute atomic E-state index is 0.415. The maximum absolute atomic E-state index is 5.78. The maximum Gasteiger partial charge on any atom is 0.119 e. The topological polar surface area (TPSA) is 21.3 Å². The minimum Gasteiger partial charge on any atom is -0.492 e. The molecule has 0 saturated carbocycles. The van der Waals surface area contributed by atoms with Crippen molar-refractivity contribution in [3.63, 3.8) is 0 Å². The van der Waals surface area contributed by atoms with E-state index in [9.17, 15) is 0 Å². The van der Waals surface area contributed by atoms with Crippen LogP contribution >= 0.6 is 0 Å². The number of benzene rings is 1. The molecule has 2 heteroatoms. The summed E-state index contributed by atoms with van der Waals surface area (Å²) in [6.07, 6.45) is 3.76. The standard InChI is InChI=1S/C14H21NO/c1-3-15-11(2)10-16-14-8-7-12-5-4-6-13(12)9-14/h7-9,11,15H,3-6,10H2,1-2H3. The molecule has 16 heavy (non-hydrogen) atoms. The van der Waals surface area contributed by atoms with Gasteiger partial charge in [-0.2, -0.15) is 0 Å². The Morgan fingerprint density at radius 2 is 2.12 bits per heavy atom. The monoisotopic (exact) mass is 219 g/mol. The molecular weight excluding hydrogens is 198 g/mol. The summed E-state index contributed by atoms with van der Waals surface area (Å²) in [6.45, 7) is 6.00. The van der Waals surface area contributed by atoms with Crippen LogP contribution in [0.4, 0.5) is 0 Å². The second-order valence-corrected chi connectivity index (χ2v) is 4.55. The molecule has 0 aromatic heterocycles. The zero-order valence-electron chi connectivity index (χ0n) is 10.3. The summed E-state index contributed by atoms with van der Waals surface area (Å²) in [5.41, 5.74) is 2.99. The number of likely N-dealkylation sites (N-methyl/N-ethyl adjacent to an activating group) is 1. The van der Waals surface area contributed by atoms with Gasteiger partial charge in [0.25, 0.3) is 0 Å². The number of ether oxygens (including phenoxy) is 1. The fourth-order valence-electron chi connectivity index (χ4n) is 2.27. The van der Waals surface area contributed by atoms with E-state index in [1.165, 1.54) is 30.4 Å². The van der Waals surface area contributed by atoms with Gasteiger partial charge in [0.15, 0.2) is 0 Å². The van der Waals surface area contributed by atoms with Gasteiger partial charge in [0.2, 0.25) is 0 Å². The van der Waals surface area contributed by atoms with Crippen LogP contribution in [0.1, 0.15) is 31.4 Å². The van der Waals surface area contributed by atoms with E-state index in [-0.39, 0.29) is 0 Å². The van der Waals surface area contributed by atoms with E-state index < -0.39 is 0 Å². The van der Waals surface area contributed by atoms with Crippen molar-refractivity contribution in [1.29, 1.82) is 0 Å². The molecule has 0 radical (unpaired) electrons.